The molecular formula is C10H14IN3O2. The van der Waals surface area contributed by atoms with E-state index in [1.807, 2.05) is 27.6 Å². The van der Waals surface area contributed by atoms with Gasteiger partial charge in [0.1, 0.15) is 0 Å². The van der Waals surface area contributed by atoms with Crippen molar-refractivity contribution in [3.05, 3.63) is 21.7 Å². The Morgan fingerprint density at radius 2 is 2.06 bits per heavy atom. The fourth-order valence-corrected chi connectivity index (χ4v) is 1.97. The molecule has 1 N–H and O–H groups in total. The van der Waals surface area contributed by atoms with E-state index in [1.165, 1.54) is 0 Å². The molecule has 0 radical (unpaired) electrons. The normalized spacial score (nSPS) is 18.6. The van der Waals surface area contributed by atoms with Gasteiger partial charge < -0.3 is 9.32 Å². The number of carbonyl (C=O) groups is 1. The predicted molar refractivity (Wildman–Crippen MR) is 68.0 cm³/mol. The van der Waals surface area contributed by atoms with E-state index in [2.05, 4.69) is 17.4 Å². The SMILES string of the molecule is CN1CCN(NC(=O)c2ccc(I)o2)CC1. The van der Waals surface area contributed by atoms with Crippen LogP contribution in [0.1, 0.15) is 10.6 Å². The van der Waals surface area contributed by atoms with Crippen molar-refractivity contribution in [2.75, 3.05) is 33.2 Å². The fourth-order valence-electron chi connectivity index (χ4n) is 1.55. The summed E-state index contributed by atoms with van der Waals surface area (Å²) in [5, 5.41) is 1.93. The van der Waals surface area contributed by atoms with Gasteiger partial charge in [0.25, 0.3) is 0 Å². The molecule has 1 amide bonds. The number of likely N-dealkylation sites (N-methyl/N-ethyl adjacent to an activating group) is 1. The Balaban J connectivity index is 1.88. The van der Waals surface area contributed by atoms with E-state index < -0.39 is 0 Å². The zero-order chi connectivity index (χ0) is 11.5. The molecule has 0 saturated carbocycles. The Bertz CT molecular complexity index is 372. The van der Waals surface area contributed by atoms with E-state index in [4.69, 9.17) is 4.42 Å². The van der Waals surface area contributed by atoms with Crippen molar-refractivity contribution in [3.63, 3.8) is 0 Å². The minimum Gasteiger partial charge on any atom is -0.445 e. The summed E-state index contributed by atoms with van der Waals surface area (Å²) in [5.74, 6) is 0.191. The second-order valence-electron chi connectivity index (χ2n) is 3.84. The fraction of sp³-hybridized carbons (Fsp3) is 0.500. The van der Waals surface area contributed by atoms with Crippen molar-refractivity contribution >= 4 is 28.5 Å². The number of piperazine rings is 1. The molecule has 2 heterocycles. The second kappa shape index (κ2) is 5.15. The summed E-state index contributed by atoms with van der Waals surface area (Å²) in [5.41, 5.74) is 2.84. The number of hydrogen-bond donors (Lipinski definition) is 1. The van der Waals surface area contributed by atoms with Crippen molar-refractivity contribution in [1.29, 1.82) is 0 Å². The maximum atomic E-state index is 11.7. The van der Waals surface area contributed by atoms with Crippen LogP contribution in [-0.4, -0.2) is 49.0 Å². The smallest absolute Gasteiger partial charge is 0.301 e. The van der Waals surface area contributed by atoms with Gasteiger partial charge in [0, 0.05) is 26.2 Å². The number of amides is 1. The lowest BCUT2D eigenvalue weighted by molar-refractivity contribution is 0.0635. The summed E-state index contributed by atoms with van der Waals surface area (Å²) in [6.07, 6.45) is 0. The highest BCUT2D eigenvalue weighted by Gasteiger charge is 2.18. The minimum absolute atomic E-state index is 0.174. The van der Waals surface area contributed by atoms with Crippen molar-refractivity contribution < 1.29 is 9.21 Å². The minimum atomic E-state index is -0.174. The molecule has 1 fully saturated rings. The van der Waals surface area contributed by atoms with Crippen molar-refractivity contribution in [2.45, 2.75) is 0 Å². The molecule has 1 aromatic heterocycles. The first kappa shape index (κ1) is 11.9. The van der Waals surface area contributed by atoms with Crippen LogP contribution in [0.25, 0.3) is 0 Å². The summed E-state index contributed by atoms with van der Waals surface area (Å²) >= 11 is 2.04. The van der Waals surface area contributed by atoms with Gasteiger partial charge >= 0.3 is 5.91 Å². The zero-order valence-electron chi connectivity index (χ0n) is 9.07. The topological polar surface area (TPSA) is 48.7 Å². The lowest BCUT2D eigenvalue weighted by Crippen LogP contribution is -2.52. The maximum Gasteiger partial charge on any atom is 0.301 e. The van der Waals surface area contributed by atoms with E-state index in [1.54, 1.807) is 12.1 Å². The van der Waals surface area contributed by atoms with Gasteiger partial charge in [0.15, 0.2) is 9.53 Å². The molecule has 1 aromatic rings. The third-order valence-electron chi connectivity index (χ3n) is 2.56. The Labute approximate surface area is 108 Å². The van der Waals surface area contributed by atoms with E-state index in [0.717, 1.165) is 29.9 Å². The zero-order valence-corrected chi connectivity index (χ0v) is 11.2. The molecule has 0 aromatic carbocycles. The molecule has 5 nitrogen and oxygen atoms in total. The predicted octanol–water partition coefficient (Wildman–Crippen LogP) is 0.776. The average molecular weight is 335 g/mol. The quantitative estimate of drug-likeness (QED) is 0.812. The summed E-state index contributed by atoms with van der Waals surface area (Å²) < 4.78 is 5.97. The highest BCUT2D eigenvalue weighted by molar-refractivity contribution is 14.1. The number of nitrogens with zero attached hydrogens (tertiary/aromatic N) is 2. The van der Waals surface area contributed by atoms with Crippen LogP contribution in [0.3, 0.4) is 0 Å². The van der Waals surface area contributed by atoms with E-state index >= 15 is 0 Å². The lowest BCUT2D eigenvalue weighted by Gasteiger charge is -2.32. The molecule has 0 bridgehead atoms. The number of rotatable bonds is 2. The Morgan fingerprint density at radius 1 is 1.38 bits per heavy atom. The first-order valence-corrected chi connectivity index (χ1v) is 6.23. The number of carbonyl (C=O) groups excluding carboxylic acids is 1. The van der Waals surface area contributed by atoms with E-state index in [9.17, 15) is 4.79 Å². The third kappa shape index (κ3) is 2.96. The van der Waals surface area contributed by atoms with Gasteiger partial charge in [-0.15, -0.1) is 0 Å². The first-order chi connectivity index (χ1) is 7.65. The van der Waals surface area contributed by atoms with Crippen LogP contribution in [0, 0.1) is 3.77 Å². The number of halogens is 1. The van der Waals surface area contributed by atoms with E-state index in [0.29, 0.717) is 5.76 Å². The van der Waals surface area contributed by atoms with Gasteiger partial charge in [0.2, 0.25) is 0 Å². The van der Waals surface area contributed by atoms with Gasteiger partial charge in [-0.05, 0) is 41.8 Å². The molecule has 1 saturated heterocycles. The largest absolute Gasteiger partial charge is 0.445 e. The molecule has 1 aliphatic heterocycles. The van der Waals surface area contributed by atoms with Crippen molar-refractivity contribution in [3.8, 4) is 0 Å². The lowest BCUT2D eigenvalue weighted by atomic mass is 10.4. The molecule has 6 heteroatoms. The molecular weight excluding hydrogens is 321 g/mol. The van der Waals surface area contributed by atoms with Crippen LogP contribution in [0.5, 0.6) is 0 Å². The summed E-state index contributed by atoms with van der Waals surface area (Å²) in [6.45, 7) is 3.63. The highest BCUT2D eigenvalue weighted by Crippen LogP contribution is 2.10. The average Bonchev–Trinajstić information content (AvgIpc) is 2.68. The molecule has 0 aliphatic carbocycles. The number of nitrogens with one attached hydrogen (secondary N) is 1. The van der Waals surface area contributed by atoms with Crippen LogP contribution < -0.4 is 5.43 Å². The Morgan fingerprint density at radius 3 is 2.62 bits per heavy atom. The maximum absolute atomic E-state index is 11.7. The van der Waals surface area contributed by atoms with Crippen LogP contribution in [0.4, 0.5) is 0 Å². The van der Waals surface area contributed by atoms with Crippen LogP contribution in [-0.2, 0) is 0 Å². The molecule has 1 aliphatic rings. The monoisotopic (exact) mass is 335 g/mol. The summed E-state index contributed by atoms with van der Waals surface area (Å²) in [6, 6.07) is 3.46. The van der Waals surface area contributed by atoms with Crippen molar-refractivity contribution in [2.24, 2.45) is 0 Å². The first-order valence-electron chi connectivity index (χ1n) is 5.15. The van der Waals surface area contributed by atoms with Crippen molar-refractivity contribution in [1.82, 2.24) is 15.3 Å². The van der Waals surface area contributed by atoms with Gasteiger partial charge in [-0.25, -0.2) is 5.01 Å². The molecule has 16 heavy (non-hydrogen) atoms. The molecule has 2 rings (SSSR count). The van der Waals surface area contributed by atoms with Crippen LogP contribution in [0.15, 0.2) is 16.5 Å². The molecule has 0 unspecified atom stereocenters. The molecule has 0 atom stereocenters. The number of hydrazine groups is 1. The summed E-state index contributed by atoms with van der Waals surface area (Å²) in [4.78, 5) is 14.0. The van der Waals surface area contributed by atoms with Gasteiger partial charge in [-0.1, -0.05) is 0 Å². The Hall–Kier alpha value is -0.600. The molecule has 0 spiro atoms. The van der Waals surface area contributed by atoms with Gasteiger partial charge in [-0.3, -0.25) is 10.2 Å². The van der Waals surface area contributed by atoms with Crippen LogP contribution >= 0.6 is 22.6 Å². The van der Waals surface area contributed by atoms with Gasteiger partial charge in [-0.2, -0.15) is 0 Å². The van der Waals surface area contributed by atoms with Crippen LogP contribution in [0.2, 0.25) is 0 Å². The Kier molecular flexibility index (Phi) is 3.82. The third-order valence-corrected chi connectivity index (χ3v) is 3.14. The van der Waals surface area contributed by atoms with E-state index in [-0.39, 0.29) is 5.91 Å². The number of hydrogen-bond acceptors (Lipinski definition) is 4. The molecule has 88 valence electrons. The van der Waals surface area contributed by atoms with Gasteiger partial charge in [0.05, 0.1) is 0 Å². The standard InChI is InChI=1S/C10H14IN3O2/c1-13-4-6-14(7-5-13)12-10(15)8-2-3-9(11)16-8/h2-3H,4-7H2,1H3,(H,12,15). The second-order valence-corrected chi connectivity index (χ2v) is 4.90. The number of furan rings is 1. The highest BCUT2D eigenvalue weighted by atomic mass is 127. The summed E-state index contributed by atoms with van der Waals surface area (Å²) in [7, 11) is 2.08.